The minimum Gasteiger partial charge on any atom is -0.480 e. The van der Waals surface area contributed by atoms with Crippen LogP contribution in [0.15, 0.2) is 66.7 Å². The van der Waals surface area contributed by atoms with E-state index in [-0.39, 0.29) is 24.2 Å². The van der Waals surface area contributed by atoms with Crippen molar-refractivity contribution in [3.63, 3.8) is 0 Å². The maximum absolute atomic E-state index is 12.9. The minimum absolute atomic E-state index is 0.0294. The van der Waals surface area contributed by atoms with E-state index < -0.39 is 0 Å². The number of carbonyl (C=O) groups excluding carboxylic acids is 2. The van der Waals surface area contributed by atoms with Crippen LogP contribution in [0, 0.1) is 0 Å². The summed E-state index contributed by atoms with van der Waals surface area (Å²) in [7, 11) is 1.54. The number of nitrogens with one attached hydrogen (secondary N) is 1. The number of hydrogen-bond donors (Lipinski definition) is 1. The minimum atomic E-state index is -0.0957. The first-order valence-corrected chi connectivity index (χ1v) is 11.6. The molecule has 2 amide bonds. The van der Waals surface area contributed by atoms with E-state index in [9.17, 15) is 9.59 Å². The molecule has 9 nitrogen and oxygen atoms in total. The van der Waals surface area contributed by atoms with E-state index in [0.29, 0.717) is 43.4 Å². The van der Waals surface area contributed by atoms with E-state index in [1.165, 1.54) is 0 Å². The summed E-state index contributed by atoms with van der Waals surface area (Å²) in [6.45, 7) is 1.54. The highest BCUT2D eigenvalue weighted by Crippen LogP contribution is 2.26. The van der Waals surface area contributed by atoms with Crippen molar-refractivity contribution in [2.45, 2.75) is 25.3 Å². The lowest BCUT2D eigenvalue weighted by Crippen LogP contribution is -2.36. The fraction of sp³-hybridized carbons (Fsp3) is 0.269. The van der Waals surface area contributed by atoms with Crippen LogP contribution in [-0.2, 0) is 17.8 Å². The van der Waals surface area contributed by atoms with Crippen molar-refractivity contribution >= 4 is 17.5 Å². The van der Waals surface area contributed by atoms with Crippen LogP contribution < -0.4 is 10.1 Å². The number of amides is 2. The molecule has 2 aromatic heterocycles. The summed E-state index contributed by atoms with van der Waals surface area (Å²) in [5.74, 6) is 0.954. The van der Waals surface area contributed by atoms with Gasteiger partial charge in [0.1, 0.15) is 0 Å². The van der Waals surface area contributed by atoms with Crippen LogP contribution in [0.25, 0.3) is 5.65 Å². The van der Waals surface area contributed by atoms with Crippen LogP contribution in [0.3, 0.4) is 0 Å². The topological polar surface area (TPSA) is 102 Å². The fourth-order valence-corrected chi connectivity index (χ4v) is 4.37. The van der Waals surface area contributed by atoms with Crippen LogP contribution in [0.2, 0.25) is 0 Å². The molecule has 35 heavy (non-hydrogen) atoms. The Morgan fingerprint density at radius 1 is 1.06 bits per heavy atom. The Bertz CT molecular complexity index is 1350. The molecule has 9 heteroatoms. The first kappa shape index (κ1) is 22.5. The molecule has 1 aliphatic rings. The maximum atomic E-state index is 12.9. The third kappa shape index (κ3) is 4.84. The summed E-state index contributed by atoms with van der Waals surface area (Å²) in [5.41, 5.74) is 3.48. The second-order valence-corrected chi connectivity index (χ2v) is 8.52. The number of fused-ring (bicyclic) bond motifs is 2. The Hall–Kier alpha value is -4.27. The van der Waals surface area contributed by atoms with Gasteiger partial charge in [-0.1, -0.05) is 48.5 Å². The van der Waals surface area contributed by atoms with Crippen molar-refractivity contribution in [2.24, 2.45) is 0 Å². The highest BCUT2D eigenvalue weighted by molar-refractivity contribution is 5.98. The first-order valence-electron chi connectivity index (χ1n) is 11.6. The molecule has 1 N–H and O–H groups in total. The Labute approximate surface area is 202 Å². The number of nitrogens with zero attached hydrogens (tertiary/aromatic N) is 5. The SMILES string of the molecule is COc1ccc2nnc(CCC(=O)NC[C@@H](CN3Cc4ccccc4C3=O)c3ccccc3)n2n1. The number of hydrogen-bond acceptors (Lipinski definition) is 6. The van der Waals surface area contributed by atoms with Gasteiger partial charge >= 0.3 is 0 Å². The summed E-state index contributed by atoms with van der Waals surface area (Å²) in [6.07, 6.45) is 0.637. The van der Waals surface area contributed by atoms with Crippen LogP contribution in [-0.4, -0.2) is 56.7 Å². The zero-order valence-electron chi connectivity index (χ0n) is 19.4. The average Bonchev–Trinajstić information content (AvgIpc) is 3.45. The van der Waals surface area contributed by atoms with E-state index in [0.717, 1.165) is 16.7 Å². The maximum Gasteiger partial charge on any atom is 0.254 e. The standard InChI is InChI=1S/C26H26N6O3/c1-35-25-14-12-23-29-28-22(32(23)30-25)11-13-24(33)27-15-20(18-7-3-2-4-8-18)17-31-16-19-9-5-6-10-21(19)26(31)34/h2-10,12,14,20H,11,13,15-17H2,1H3,(H,27,33)/t20-/m0/s1. The second-order valence-electron chi connectivity index (χ2n) is 8.52. The quantitative estimate of drug-likeness (QED) is 0.404. The predicted octanol–water partition coefficient (Wildman–Crippen LogP) is 2.62. The number of carbonyl (C=O) groups is 2. The normalized spacial score (nSPS) is 13.6. The molecule has 0 bridgehead atoms. The lowest BCUT2D eigenvalue weighted by Gasteiger charge is -2.24. The van der Waals surface area contributed by atoms with Gasteiger partial charge in [0.25, 0.3) is 5.91 Å². The summed E-state index contributed by atoms with van der Waals surface area (Å²) in [5, 5.41) is 15.6. The molecule has 3 heterocycles. The predicted molar refractivity (Wildman–Crippen MR) is 129 cm³/mol. The molecule has 0 spiro atoms. The fourth-order valence-electron chi connectivity index (χ4n) is 4.37. The van der Waals surface area contributed by atoms with Crippen molar-refractivity contribution in [3.8, 4) is 5.88 Å². The van der Waals surface area contributed by atoms with Crippen molar-refractivity contribution in [1.82, 2.24) is 30.0 Å². The van der Waals surface area contributed by atoms with Gasteiger partial charge in [-0.2, -0.15) is 4.52 Å². The highest BCUT2D eigenvalue weighted by atomic mass is 16.5. The van der Waals surface area contributed by atoms with Crippen LogP contribution in [0.5, 0.6) is 5.88 Å². The molecule has 2 aromatic carbocycles. The van der Waals surface area contributed by atoms with Crippen LogP contribution >= 0.6 is 0 Å². The number of methoxy groups -OCH3 is 1. The number of aromatic nitrogens is 4. The molecule has 1 atom stereocenters. The van der Waals surface area contributed by atoms with Gasteiger partial charge in [-0.15, -0.1) is 15.3 Å². The molecule has 178 valence electrons. The Kier molecular flexibility index (Phi) is 6.38. The van der Waals surface area contributed by atoms with E-state index in [4.69, 9.17) is 4.74 Å². The number of ether oxygens (including phenoxy) is 1. The van der Waals surface area contributed by atoms with Crippen LogP contribution in [0.4, 0.5) is 0 Å². The average molecular weight is 471 g/mol. The second kappa shape index (κ2) is 9.92. The molecule has 1 aliphatic heterocycles. The Morgan fingerprint density at radius 2 is 1.86 bits per heavy atom. The highest BCUT2D eigenvalue weighted by Gasteiger charge is 2.29. The summed E-state index contributed by atoms with van der Waals surface area (Å²) < 4.78 is 6.76. The molecule has 0 fully saturated rings. The Balaban J connectivity index is 1.22. The number of rotatable bonds is 9. The number of aryl methyl sites for hydroxylation is 1. The van der Waals surface area contributed by atoms with Crippen molar-refractivity contribution in [2.75, 3.05) is 20.2 Å². The molecule has 0 aliphatic carbocycles. The summed E-state index contributed by atoms with van der Waals surface area (Å²) in [4.78, 5) is 27.5. The van der Waals surface area contributed by atoms with Gasteiger partial charge in [0.2, 0.25) is 11.8 Å². The summed E-state index contributed by atoms with van der Waals surface area (Å²) in [6, 6.07) is 21.2. The van der Waals surface area contributed by atoms with Gasteiger partial charge in [-0.05, 0) is 23.3 Å². The monoisotopic (exact) mass is 470 g/mol. The van der Waals surface area contributed by atoms with E-state index in [1.54, 1.807) is 23.8 Å². The molecule has 0 radical (unpaired) electrons. The van der Waals surface area contributed by atoms with Crippen LogP contribution in [0.1, 0.15) is 39.6 Å². The molecular formula is C26H26N6O3. The third-order valence-electron chi connectivity index (χ3n) is 6.24. The van der Waals surface area contributed by atoms with E-state index in [2.05, 4.69) is 20.6 Å². The van der Waals surface area contributed by atoms with Gasteiger partial charge in [0.05, 0.1) is 7.11 Å². The third-order valence-corrected chi connectivity index (χ3v) is 6.24. The zero-order chi connectivity index (χ0) is 24.2. The smallest absolute Gasteiger partial charge is 0.254 e. The molecule has 0 saturated heterocycles. The van der Waals surface area contributed by atoms with Crippen molar-refractivity contribution in [3.05, 3.63) is 89.2 Å². The molecule has 0 saturated carbocycles. The first-order chi connectivity index (χ1) is 17.1. The van der Waals surface area contributed by atoms with Gasteiger partial charge in [-0.3, -0.25) is 9.59 Å². The van der Waals surface area contributed by atoms with Gasteiger partial charge < -0.3 is 15.0 Å². The molecular weight excluding hydrogens is 444 g/mol. The number of benzene rings is 2. The molecule has 5 rings (SSSR count). The largest absolute Gasteiger partial charge is 0.480 e. The molecule has 4 aromatic rings. The van der Waals surface area contributed by atoms with Crippen molar-refractivity contribution in [1.29, 1.82) is 0 Å². The molecule has 0 unspecified atom stereocenters. The lowest BCUT2D eigenvalue weighted by molar-refractivity contribution is -0.121. The zero-order valence-corrected chi connectivity index (χ0v) is 19.4. The van der Waals surface area contributed by atoms with Crippen molar-refractivity contribution < 1.29 is 14.3 Å². The lowest BCUT2D eigenvalue weighted by atomic mass is 9.98. The van der Waals surface area contributed by atoms with E-state index in [1.807, 2.05) is 59.5 Å². The van der Waals surface area contributed by atoms with Gasteiger partial charge in [0, 0.05) is 50.0 Å². The summed E-state index contributed by atoms with van der Waals surface area (Å²) >= 11 is 0. The Morgan fingerprint density at radius 3 is 2.66 bits per heavy atom. The van der Waals surface area contributed by atoms with Gasteiger partial charge in [0.15, 0.2) is 11.5 Å². The van der Waals surface area contributed by atoms with E-state index >= 15 is 0 Å². The van der Waals surface area contributed by atoms with Gasteiger partial charge in [-0.25, -0.2) is 0 Å².